The lowest BCUT2D eigenvalue weighted by Crippen LogP contribution is -2.61. The molecule has 4 heteroatoms. The van der Waals surface area contributed by atoms with Crippen LogP contribution in [-0.4, -0.2) is 35.0 Å². The van der Waals surface area contributed by atoms with Crippen LogP contribution in [0.1, 0.15) is 120 Å². The number of fused-ring (bicyclic) bond motifs is 7. The summed E-state index contributed by atoms with van der Waals surface area (Å²) in [5.74, 6) is 4.03. The van der Waals surface area contributed by atoms with Crippen LogP contribution in [0.4, 0.5) is 0 Å². The molecule has 4 nitrogen and oxygen atoms in total. The first-order valence-electron chi connectivity index (χ1n) is 14.9. The molecule has 0 aliphatic heterocycles. The lowest BCUT2D eigenvalue weighted by molar-refractivity contribution is -0.185. The molecule has 5 rings (SSSR count). The van der Waals surface area contributed by atoms with Crippen LogP contribution in [0.2, 0.25) is 0 Å². The van der Waals surface area contributed by atoms with Gasteiger partial charge in [0.2, 0.25) is 0 Å². The maximum Gasteiger partial charge on any atom is 0.290 e. The van der Waals surface area contributed by atoms with Gasteiger partial charge in [0.15, 0.2) is 0 Å². The second kappa shape index (κ2) is 11.9. The molecule has 4 saturated carbocycles. The molecule has 5 aliphatic carbocycles. The summed E-state index contributed by atoms with van der Waals surface area (Å²) >= 11 is 0. The molecule has 0 heterocycles. The Labute approximate surface area is 222 Å². The van der Waals surface area contributed by atoms with Gasteiger partial charge in [0.25, 0.3) is 6.47 Å². The highest BCUT2D eigenvalue weighted by Crippen LogP contribution is 2.71. The predicted octanol–water partition coefficient (Wildman–Crippen LogP) is 7.72. The van der Waals surface area contributed by atoms with Gasteiger partial charge < -0.3 is 15.3 Å². The lowest BCUT2D eigenvalue weighted by atomic mass is 9.37. The summed E-state index contributed by atoms with van der Waals surface area (Å²) in [7, 11) is 1.00. The fourth-order valence-corrected chi connectivity index (χ4v) is 10.5. The summed E-state index contributed by atoms with van der Waals surface area (Å²) in [6, 6.07) is 0. The fourth-order valence-electron chi connectivity index (χ4n) is 10.5. The third-order valence-electron chi connectivity index (χ3n) is 12.0. The summed E-state index contributed by atoms with van der Waals surface area (Å²) in [6.07, 6.45) is 16.2. The summed E-state index contributed by atoms with van der Waals surface area (Å²) in [5, 5.41) is 24.7. The van der Waals surface area contributed by atoms with E-state index in [1.807, 2.05) is 19.4 Å². The van der Waals surface area contributed by atoms with Gasteiger partial charge in [0, 0.05) is 7.11 Å². The van der Waals surface area contributed by atoms with Gasteiger partial charge in [-0.3, -0.25) is 4.79 Å². The van der Waals surface area contributed by atoms with Crippen LogP contribution in [0.25, 0.3) is 0 Å². The molecule has 0 aromatic carbocycles. The maximum atomic E-state index is 10.8. The topological polar surface area (TPSA) is 77.8 Å². The van der Waals surface area contributed by atoms with E-state index in [2.05, 4.69) is 47.6 Å². The Bertz CT molecular complexity index is 759. The van der Waals surface area contributed by atoms with E-state index in [1.54, 1.807) is 0 Å². The van der Waals surface area contributed by atoms with Crippen molar-refractivity contribution in [1.82, 2.24) is 0 Å². The van der Waals surface area contributed by atoms with E-state index in [-0.39, 0.29) is 18.0 Å². The third kappa shape index (κ3) is 4.95. The van der Waals surface area contributed by atoms with Crippen molar-refractivity contribution in [3.05, 3.63) is 11.6 Å². The first-order chi connectivity index (χ1) is 17.0. The van der Waals surface area contributed by atoms with Gasteiger partial charge in [-0.05, 0) is 103 Å². The summed E-state index contributed by atoms with van der Waals surface area (Å²) in [6.45, 7) is 19.0. The predicted molar refractivity (Wildman–Crippen MR) is 150 cm³/mol. The van der Waals surface area contributed by atoms with Gasteiger partial charge >= 0.3 is 0 Å². The van der Waals surface area contributed by atoms with Crippen LogP contribution in [-0.2, 0) is 4.79 Å². The molecular weight excluding hydrogens is 448 g/mol. The zero-order valence-corrected chi connectivity index (χ0v) is 24.9. The number of aliphatic hydroxyl groups is 2. The molecule has 5 aliphatic rings. The number of hydrogen-bond donors (Lipinski definition) is 3. The second-order valence-corrected chi connectivity index (χ2v) is 13.7. The number of carbonyl (C=O) groups is 1. The molecule has 9 unspecified atom stereocenters. The minimum Gasteiger partial charge on any atom is -0.483 e. The van der Waals surface area contributed by atoms with Gasteiger partial charge in [0.05, 0.1) is 6.10 Å². The third-order valence-corrected chi connectivity index (χ3v) is 12.0. The van der Waals surface area contributed by atoms with Crippen molar-refractivity contribution < 1.29 is 20.1 Å². The number of carboxylic acid groups (broad SMARTS) is 1. The summed E-state index contributed by atoms with van der Waals surface area (Å²) in [5.41, 5.74) is 3.42. The van der Waals surface area contributed by atoms with Crippen LogP contribution in [0, 0.1) is 51.2 Å². The smallest absolute Gasteiger partial charge is 0.290 e. The zero-order valence-electron chi connectivity index (χ0n) is 24.9. The van der Waals surface area contributed by atoms with Crippen molar-refractivity contribution in [2.45, 2.75) is 126 Å². The molecule has 0 bridgehead atoms. The van der Waals surface area contributed by atoms with Gasteiger partial charge in [0.1, 0.15) is 0 Å². The molecule has 0 aromatic heterocycles. The van der Waals surface area contributed by atoms with E-state index < -0.39 is 0 Å². The van der Waals surface area contributed by atoms with Crippen molar-refractivity contribution >= 4 is 6.47 Å². The highest BCUT2D eigenvalue weighted by atomic mass is 16.3. The monoisotopic (exact) mass is 506 g/mol. The molecule has 0 amide bonds. The Morgan fingerprint density at radius 2 is 1.44 bits per heavy atom. The Morgan fingerprint density at radius 3 is 2.06 bits per heavy atom. The second-order valence-electron chi connectivity index (χ2n) is 13.7. The van der Waals surface area contributed by atoms with E-state index >= 15 is 0 Å². The van der Waals surface area contributed by atoms with E-state index in [0.717, 1.165) is 37.2 Å². The minimum absolute atomic E-state index is 0.0708. The average molecular weight is 507 g/mol. The molecule has 210 valence electrons. The molecule has 9 atom stereocenters. The highest BCUT2D eigenvalue weighted by molar-refractivity contribution is 5.32. The average Bonchev–Trinajstić information content (AvgIpc) is 2.84. The van der Waals surface area contributed by atoms with Crippen molar-refractivity contribution in [2.75, 3.05) is 7.11 Å². The van der Waals surface area contributed by atoms with Crippen molar-refractivity contribution in [3.63, 3.8) is 0 Å². The molecule has 0 saturated heterocycles. The van der Waals surface area contributed by atoms with Crippen molar-refractivity contribution in [1.29, 1.82) is 0 Å². The molecule has 4 fully saturated rings. The summed E-state index contributed by atoms with van der Waals surface area (Å²) < 4.78 is 0. The van der Waals surface area contributed by atoms with Gasteiger partial charge in [-0.2, -0.15) is 0 Å². The Morgan fingerprint density at radius 1 is 0.861 bits per heavy atom. The normalized spacial score (nSPS) is 46.0. The molecule has 36 heavy (non-hydrogen) atoms. The SMILES string of the molecule is CC.CC1CCCC2(C)CCC3C(=CCC4C3(C)CCC3C(C)(C)C(O)CCC34C)C12.CO.O=CO. The lowest BCUT2D eigenvalue weighted by Gasteiger charge is -2.68. The standard InChI is InChI=1S/C28H46O.C2H6.CH2O2.CH4O/c1-18-8-7-14-26(4)15-11-20-19(24(18)26)9-10-22-27(20,5)16-12-21-25(2,3)23(29)13-17-28(21,22)6;1-2;2-1-3;1-2/h9,18,20-24,29H,7-8,10-17H2,1-6H3;1-2H3;1H,(H,2,3);2H,1H3. The Hall–Kier alpha value is -0.870. The minimum atomic E-state index is -0.250. The van der Waals surface area contributed by atoms with E-state index in [4.69, 9.17) is 15.0 Å². The van der Waals surface area contributed by atoms with E-state index in [9.17, 15) is 5.11 Å². The first kappa shape index (κ1) is 31.3. The van der Waals surface area contributed by atoms with Crippen LogP contribution >= 0.6 is 0 Å². The highest BCUT2D eigenvalue weighted by Gasteiger charge is 2.64. The quantitative estimate of drug-likeness (QED) is 0.232. The number of aliphatic hydroxyl groups excluding tert-OH is 2. The van der Waals surface area contributed by atoms with Crippen molar-refractivity contribution in [3.8, 4) is 0 Å². The van der Waals surface area contributed by atoms with Crippen LogP contribution < -0.4 is 0 Å². The molecule has 3 N–H and O–H groups in total. The number of hydrogen-bond acceptors (Lipinski definition) is 3. The number of rotatable bonds is 0. The molecule has 0 radical (unpaired) electrons. The van der Waals surface area contributed by atoms with E-state index in [1.165, 1.54) is 57.8 Å². The van der Waals surface area contributed by atoms with Crippen LogP contribution in [0.3, 0.4) is 0 Å². The van der Waals surface area contributed by atoms with Gasteiger partial charge in [-0.25, -0.2) is 0 Å². The zero-order chi connectivity index (χ0) is 27.5. The van der Waals surface area contributed by atoms with Gasteiger partial charge in [-0.1, -0.05) is 79.9 Å². The Kier molecular flexibility index (Phi) is 10.4. The van der Waals surface area contributed by atoms with E-state index in [0.29, 0.717) is 22.2 Å². The maximum absolute atomic E-state index is 10.8. The first-order valence-corrected chi connectivity index (χ1v) is 14.9. The van der Waals surface area contributed by atoms with Crippen LogP contribution in [0.15, 0.2) is 11.6 Å². The Balaban J connectivity index is 0.000000596. The summed E-state index contributed by atoms with van der Waals surface area (Å²) in [4.78, 5) is 8.36. The van der Waals surface area contributed by atoms with Crippen LogP contribution in [0.5, 0.6) is 0 Å². The molecule has 0 aromatic rings. The molecular formula is C32H58O4. The fraction of sp³-hybridized carbons (Fsp3) is 0.906. The van der Waals surface area contributed by atoms with Gasteiger partial charge in [-0.15, -0.1) is 0 Å². The molecule has 0 spiro atoms. The number of allylic oxidation sites excluding steroid dienone is 2. The largest absolute Gasteiger partial charge is 0.483 e. The van der Waals surface area contributed by atoms with Crippen molar-refractivity contribution in [2.24, 2.45) is 51.2 Å².